The van der Waals surface area contributed by atoms with Crippen molar-refractivity contribution < 1.29 is 0 Å². The van der Waals surface area contributed by atoms with Crippen molar-refractivity contribution in [2.45, 2.75) is 13.5 Å². The van der Waals surface area contributed by atoms with Crippen LogP contribution in [0.1, 0.15) is 11.9 Å². The number of nitrogens with one attached hydrogen (secondary N) is 1. The lowest BCUT2D eigenvalue weighted by Crippen LogP contribution is -2.19. The van der Waals surface area contributed by atoms with Gasteiger partial charge in [0.05, 0.1) is 6.54 Å². The van der Waals surface area contributed by atoms with Crippen LogP contribution in [0.2, 0.25) is 0 Å². The number of benzene rings is 1. The van der Waals surface area contributed by atoms with Gasteiger partial charge in [0.1, 0.15) is 5.01 Å². The van der Waals surface area contributed by atoms with Crippen molar-refractivity contribution >= 4 is 27.2 Å². The number of pyridine rings is 1. The summed E-state index contributed by atoms with van der Waals surface area (Å²) in [5, 5.41) is 14.5. The summed E-state index contributed by atoms with van der Waals surface area (Å²) < 4.78 is 1.67. The standard InChI is InChI=1S/C14H14N4OS/c1-2-15-14-17-16-12(20-14)9-18-8-7-10-5-3-4-6-11(10)13(18)19/h3-8H,2,9H2,1H3,(H,15,17). The molecule has 20 heavy (non-hydrogen) atoms. The molecule has 3 aromatic rings. The Morgan fingerprint density at radius 2 is 2.10 bits per heavy atom. The topological polar surface area (TPSA) is 59.8 Å². The zero-order valence-electron chi connectivity index (χ0n) is 11.0. The maximum Gasteiger partial charge on any atom is 0.258 e. The Bertz CT molecular complexity index is 793. The highest BCUT2D eigenvalue weighted by Gasteiger charge is 2.07. The molecule has 0 fully saturated rings. The van der Waals surface area contributed by atoms with E-state index >= 15 is 0 Å². The van der Waals surface area contributed by atoms with Crippen LogP contribution in [0.4, 0.5) is 5.13 Å². The van der Waals surface area contributed by atoms with E-state index in [-0.39, 0.29) is 5.56 Å². The Morgan fingerprint density at radius 3 is 2.95 bits per heavy atom. The van der Waals surface area contributed by atoms with E-state index in [4.69, 9.17) is 0 Å². The number of nitrogens with zero attached hydrogens (tertiary/aromatic N) is 3. The zero-order valence-corrected chi connectivity index (χ0v) is 11.9. The molecule has 0 amide bonds. The van der Waals surface area contributed by atoms with E-state index < -0.39 is 0 Å². The molecule has 0 aliphatic rings. The normalized spacial score (nSPS) is 10.8. The Hall–Kier alpha value is -2.21. The summed E-state index contributed by atoms with van der Waals surface area (Å²) in [6.45, 7) is 3.27. The molecule has 2 heterocycles. The molecule has 0 spiro atoms. The van der Waals surface area contributed by atoms with Gasteiger partial charge in [-0.3, -0.25) is 4.79 Å². The van der Waals surface area contributed by atoms with Crippen LogP contribution in [0.25, 0.3) is 10.8 Å². The molecule has 0 aliphatic heterocycles. The summed E-state index contributed by atoms with van der Waals surface area (Å²) in [5.41, 5.74) is 0.00306. The maximum absolute atomic E-state index is 12.4. The zero-order chi connectivity index (χ0) is 13.9. The molecular weight excluding hydrogens is 272 g/mol. The second kappa shape index (κ2) is 5.42. The third-order valence-corrected chi connectivity index (χ3v) is 3.85. The van der Waals surface area contributed by atoms with Gasteiger partial charge in [0, 0.05) is 18.1 Å². The van der Waals surface area contributed by atoms with Gasteiger partial charge < -0.3 is 9.88 Å². The third kappa shape index (κ3) is 2.42. The van der Waals surface area contributed by atoms with Gasteiger partial charge >= 0.3 is 0 Å². The fraction of sp³-hybridized carbons (Fsp3) is 0.214. The average molecular weight is 286 g/mol. The van der Waals surface area contributed by atoms with E-state index in [0.29, 0.717) is 6.54 Å². The molecule has 1 aromatic carbocycles. The molecule has 0 radical (unpaired) electrons. The lowest BCUT2D eigenvalue weighted by Gasteiger charge is -2.04. The number of fused-ring (bicyclic) bond motifs is 1. The molecule has 1 N–H and O–H groups in total. The van der Waals surface area contributed by atoms with Gasteiger partial charge in [-0.25, -0.2) is 0 Å². The molecule has 0 saturated heterocycles. The number of hydrogen-bond acceptors (Lipinski definition) is 5. The molecule has 2 aromatic heterocycles. The van der Waals surface area contributed by atoms with E-state index in [2.05, 4.69) is 15.5 Å². The predicted molar refractivity (Wildman–Crippen MR) is 81.4 cm³/mol. The first kappa shape index (κ1) is 12.8. The summed E-state index contributed by atoms with van der Waals surface area (Å²) in [4.78, 5) is 12.4. The molecule has 5 nitrogen and oxygen atoms in total. The Kier molecular flexibility index (Phi) is 3.47. The third-order valence-electron chi connectivity index (χ3n) is 2.99. The van der Waals surface area contributed by atoms with Crippen LogP contribution in [-0.2, 0) is 6.54 Å². The van der Waals surface area contributed by atoms with E-state index in [1.807, 2.05) is 37.3 Å². The molecular formula is C14H14N4OS. The Labute approximate surface area is 119 Å². The van der Waals surface area contributed by atoms with E-state index in [0.717, 1.165) is 27.5 Å². The first-order valence-electron chi connectivity index (χ1n) is 6.42. The van der Waals surface area contributed by atoms with Gasteiger partial charge in [-0.05, 0) is 24.4 Å². The lowest BCUT2D eigenvalue weighted by atomic mass is 10.2. The summed E-state index contributed by atoms with van der Waals surface area (Å²) >= 11 is 1.47. The van der Waals surface area contributed by atoms with Crippen molar-refractivity contribution in [1.29, 1.82) is 0 Å². The molecule has 6 heteroatoms. The number of anilines is 1. The minimum absolute atomic E-state index is 0.00306. The monoisotopic (exact) mass is 286 g/mol. The highest BCUT2D eigenvalue weighted by Crippen LogP contribution is 2.16. The average Bonchev–Trinajstić information content (AvgIpc) is 2.90. The molecule has 0 aliphatic carbocycles. The van der Waals surface area contributed by atoms with Crippen molar-refractivity contribution in [3.05, 3.63) is 51.9 Å². The Morgan fingerprint density at radius 1 is 1.25 bits per heavy atom. The van der Waals surface area contributed by atoms with Gasteiger partial charge in [0.15, 0.2) is 0 Å². The molecule has 0 unspecified atom stereocenters. The first-order valence-corrected chi connectivity index (χ1v) is 7.24. The molecule has 102 valence electrons. The van der Waals surface area contributed by atoms with Crippen molar-refractivity contribution in [1.82, 2.24) is 14.8 Å². The van der Waals surface area contributed by atoms with E-state index in [1.165, 1.54) is 11.3 Å². The SMILES string of the molecule is CCNc1nnc(Cn2ccc3ccccc3c2=O)s1. The number of rotatable bonds is 4. The van der Waals surface area contributed by atoms with Crippen LogP contribution in [-0.4, -0.2) is 21.3 Å². The molecule has 0 bridgehead atoms. The van der Waals surface area contributed by atoms with Gasteiger partial charge in [0.2, 0.25) is 5.13 Å². The smallest absolute Gasteiger partial charge is 0.258 e. The first-order chi connectivity index (χ1) is 9.78. The summed E-state index contributed by atoms with van der Waals surface area (Å²) in [7, 11) is 0. The van der Waals surface area contributed by atoms with Crippen LogP contribution >= 0.6 is 11.3 Å². The van der Waals surface area contributed by atoms with Crippen LogP contribution in [0.3, 0.4) is 0 Å². The second-order valence-corrected chi connectivity index (χ2v) is 5.43. The molecule has 0 atom stereocenters. The van der Waals surface area contributed by atoms with Crippen molar-refractivity contribution in [2.24, 2.45) is 0 Å². The van der Waals surface area contributed by atoms with Gasteiger partial charge in [-0.1, -0.05) is 29.5 Å². The summed E-state index contributed by atoms with van der Waals surface area (Å²) in [6, 6.07) is 9.54. The fourth-order valence-electron chi connectivity index (χ4n) is 2.04. The number of hydrogen-bond donors (Lipinski definition) is 1. The quantitative estimate of drug-likeness (QED) is 0.799. The van der Waals surface area contributed by atoms with E-state index in [1.54, 1.807) is 10.8 Å². The summed E-state index contributed by atoms with van der Waals surface area (Å²) in [6.07, 6.45) is 1.80. The van der Waals surface area contributed by atoms with Crippen molar-refractivity contribution in [3.8, 4) is 0 Å². The Balaban J connectivity index is 1.94. The summed E-state index contributed by atoms with van der Waals surface area (Å²) in [5.74, 6) is 0. The minimum atomic E-state index is 0.00306. The minimum Gasteiger partial charge on any atom is -0.360 e. The fourth-order valence-corrected chi connectivity index (χ4v) is 2.85. The van der Waals surface area contributed by atoms with Crippen LogP contribution in [0.15, 0.2) is 41.3 Å². The number of aromatic nitrogens is 3. The highest BCUT2D eigenvalue weighted by atomic mass is 32.1. The molecule has 3 rings (SSSR count). The highest BCUT2D eigenvalue weighted by molar-refractivity contribution is 7.15. The van der Waals surface area contributed by atoms with Crippen molar-refractivity contribution in [3.63, 3.8) is 0 Å². The van der Waals surface area contributed by atoms with Crippen LogP contribution in [0.5, 0.6) is 0 Å². The van der Waals surface area contributed by atoms with Gasteiger partial charge in [0.25, 0.3) is 5.56 Å². The van der Waals surface area contributed by atoms with Gasteiger partial charge in [-0.15, -0.1) is 10.2 Å². The second-order valence-electron chi connectivity index (χ2n) is 4.37. The van der Waals surface area contributed by atoms with Crippen LogP contribution in [0, 0.1) is 0 Å². The van der Waals surface area contributed by atoms with Crippen LogP contribution < -0.4 is 10.9 Å². The predicted octanol–water partition coefficient (Wildman–Crippen LogP) is 2.33. The maximum atomic E-state index is 12.4. The van der Waals surface area contributed by atoms with Gasteiger partial charge in [-0.2, -0.15) is 0 Å². The largest absolute Gasteiger partial charge is 0.360 e. The van der Waals surface area contributed by atoms with E-state index in [9.17, 15) is 4.79 Å². The molecule has 0 saturated carbocycles. The lowest BCUT2D eigenvalue weighted by molar-refractivity contribution is 0.751. The van der Waals surface area contributed by atoms with Crippen molar-refractivity contribution in [2.75, 3.05) is 11.9 Å².